The van der Waals surface area contributed by atoms with Gasteiger partial charge in [-0.2, -0.15) is 0 Å². The molecule has 2 unspecified atom stereocenters. The summed E-state index contributed by atoms with van der Waals surface area (Å²) in [5.74, 6) is 1.40. The van der Waals surface area contributed by atoms with E-state index in [1.54, 1.807) is 0 Å². The molecule has 2 aromatic rings. The lowest BCUT2D eigenvalue weighted by atomic mass is 9.84. The molecule has 0 aliphatic carbocycles. The molecule has 0 saturated carbocycles. The number of ether oxygens (including phenoxy) is 1. The van der Waals surface area contributed by atoms with E-state index in [4.69, 9.17) is 10.5 Å². The van der Waals surface area contributed by atoms with E-state index in [1.165, 1.54) is 11.1 Å². The van der Waals surface area contributed by atoms with Crippen molar-refractivity contribution in [3.63, 3.8) is 0 Å². The average Bonchev–Trinajstić information content (AvgIpc) is 2.47. The Morgan fingerprint density at radius 1 is 1.05 bits per heavy atom. The Kier molecular flexibility index (Phi) is 3.51. The molecule has 2 nitrogen and oxygen atoms in total. The molecular weight excluding hydrogens is 234 g/mol. The normalized spacial score (nSPS) is 19.3. The van der Waals surface area contributed by atoms with Crippen molar-refractivity contribution in [1.82, 2.24) is 0 Å². The Morgan fingerprint density at radius 3 is 2.63 bits per heavy atom. The third kappa shape index (κ3) is 2.64. The minimum Gasteiger partial charge on any atom is -0.493 e. The number of benzene rings is 2. The molecule has 2 heteroatoms. The molecule has 2 aromatic carbocycles. The van der Waals surface area contributed by atoms with Crippen LogP contribution in [0.25, 0.3) is 0 Å². The standard InChI is InChI=1S/C17H19NO/c18-16(12-13-6-2-1-3-7-13)14-10-11-19-17-9-5-4-8-15(14)17/h1-9,14,16H,10-12,18H2. The van der Waals surface area contributed by atoms with E-state index < -0.39 is 0 Å². The van der Waals surface area contributed by atoms with Gasteiger partial charge in [0.1, 0.15) is 5.75 Å². The lowest BCUT2D eigenvalue weighted by Crippen LogP contribution is -2.34. The van der Waals surface area contributed by atoms with Gasteiger partial charge >= 0.3 is 0 Å². The van der Waals surface area contributed by atoms with Gasteiger partial charge in [-0.25, -0.2) is 0 Å². The van der Waals surface area contributed by atoms with E-state index in [2.05, 4.69) is 36.4 Å². The third-order valence-corrected chi connectivity index (χ3v) is 3.84. The van der Waals surface area contributed by atoms with Crippen molar-refractivity contribution in [3.05, 3.63) is 65.7 Å². The van der Waals surface area contributed by atoms with Crippen molar-refractivity contribution in [2.45, 2.75) is 24.8 Å². The summed E-state index contributed by atoms with van der Waals surface area (Å²) in [5.41, 5.74) is 9.01. The molecule has 0 saturated heterocycles. The minimum atomic E-state index is 0.146. The van der Waals surface area contributed by atoms with Crippen molar-refractivity contribution < 1.29 is 4.74 Å². The molecule has 98 valence electrons. The highest BCUT2D eigenvalue weighted by Crippen LogP contribution is 2.35. The fourth-order valence-corrected chi connectivity index (χ4v) is 2.84. The van der Waals surface area contributed by atoms with E-state index in [0.717, 1.165) is 25.2 Å². The lowest BCUT2D eigenvalue weighted by molar-refractivity contribution is 0.254. The van der Waals surface area contributed by atoms with Gasteiger partial charge in [0.05, 0.1) is 6.61 Å². The molecule has 19 heavy (non-hydrogen) atoms. The number of rotatable bonds is 3. The van der Waals surface area contributed by atoms with E-state index in [1.807, 2.05) is 18.2 Å². The van der Waals surface area contributed by atoms with Crippen LogP contribution in [-0.2, 0) is 6.42 Å². The molecule has 2 N–H and O–H groups in total. The molecule has 0 amide bonds. The summed E-state index contributed by atoms with van der Waals surface area (Å²) < 4.78 is 5.70. The van der Waals surface area contributed by atoms with E-state index in [9.17, 15) is 0 Å². The maximum absolute atomic E-state index is 6.44. The van der Waals surface area contributed by atoms with Crippen molar-refractivity contribution in [3.8, 4) is 5.75 Å². The van der Waals surface area contributed by atoms with Crippen LogP contribution in [0.15, 0.2) is 54.6 Å². The first-order valence-electron chi connectivity index (χ1n) is 6.86. The van der Waals surface area contributed by atoms with Gasteiger partial charge in [0.15, 0.2) is 0 Å². The second kappa shape index (κ2) is 5.45. The van der Waals surface area contributed by atoms with Crippen molar-refractivity contribution in [1.29, 1.82) is 0 Å². The van der Waals surface area contributed by atoms with Gasteiger partial charge in [-0.05, 0) is 30.0 Å². The van der Waals surface area contributed by atoms with Crippen LogP contribution in [0.2, 0.25) is 0 Å². The van der Waals surface area contributed by atoms with Crippen molar-refractivity contribution >= 4 is 0 Å². The number of hydrogen-bond acceptors (Lipinski definition) is 2. The zero-order valence-corrected chi connectivity index (χ0v) is 11.0. The van der Waals surface area contributed by atoms with Crippen LogP contribution in [0, 0.1) is 0 Å². The maximum atomic E-state index is 6.44. The molecule has 0 bridgehead atoms. The van der Waals surface area contributed by atoms with Gasteiger partial charge in [0, 0.05) is 12.0 Å². The summed E-state index contributed by atoms with van der Waals surface area (Å²) in [5, 5.41) is 0. The molecule has 2 atom stereocenters. The van der Waals surface area contributed by atoms with Crippen LogP contribution in [0.3, 0.4) is 0 Å². The van der Waals surface area contributed by atoms with Crippen LogP contribution in [0.1, 0.15) is 23.5 Å². The van der Waals surface area contributed by atoms with E-state index in [0.29, 0.717) is 5.92 Å². The van der Waals surface area contributed by atoms with Gasteiger partial charge in [-0.15, -0.1) is 0 Å². The molecule has 1 aliphatic rings. The van der Waals surface area contributed by atoms with Crippen LogP contribution < -0.4 is 10.5 Å². The summed E-state index contributed by atoms with van der Waals surface area (Å²) in [4.78, 5) is 0. The molecule has 0 aromatic heterocycles. The van der Waals surface area contributed by atoms with Gasteiger partial charge < -0.3 is 10.5 Å². The summed E-state index contributed by atoms with van der Waals surface area (Å²) in [6, 6.07) is 18.9. The Hall–Kier alpha value is -1.80. The molecule has 0 spiro atoms. The number of para-hydroxylation sites is 1. The SMILES string of the molecule is NC(Cc1ccccc1)C1CCOc2ccccc21. The summed E-state index contributed by atoms with van der Waals surface area (Å²) in [6.45, 7) is 0.768. The first kappa shape index (κ1) is 12.2. The third-order valence-electron chi connectivity index (χ3n) is 3.84. The second-order valence-corrected chi connectivity index (χ2v) is 5.14. The molecule has 1 heterocycles. The Bertz CT molecular complexity index is 538. The molecule has 1 aliphatic heterocycles. The summed E-state index contributed by atoms with van der Waals surface area (Å²) >= 11 is 0. The number of hydrogen-bond donors (Lipinski definition) is 1. The predicted octanol–water partition coefficient (Wildman–Crippen LogP) is 3.12. The van der Waals surface area contributed by atoms with Gasteiger partial charge in [0.2, 0.25) is 0 Å². The zero-order valence-electron chi connectivity index (χ0n) is 11.0. The summed E-state index contributed by atoms with van der Waals surface area (Å²) in [6.07, 6.45) is 1.92. The highest BCUT2D eigenvalue weighted by atomic mass is 16.5. The van der Waals surface area contributed by atoms with Gasteiger partial charge in [0.25, 0.3) is 0 Å². The Labute approximate surface area is 114 Å². The number of fused-ring (bicyclic) bond motifs is 1. The number of nitrogens with two attached hydrogens (primary N) is 1. The monoisotopic (exact) mass is 253 g/mol. The highest BCUT2D eigenvalue weighted by molar-refractivity contribution is 5.39. The van der Waals surface area contributed by atoms with Crippen molar-refractivity contribution in [2.75, 3.05) is 6.61 Å². The topological polar surface area (TPSA) is 35.2 Å². The van der Waals surface area contributed by atoms with E-state index >= 15 is 0 Å². The Balaban J connectivity index is 1.80. The van der Waals surface area contributed by atoms with Gasteiger partial charge in [-0.1, -0.05) is 48.5 Å². The van der Waals surface area contributed by atoms with Crippen LogP contribution in [0.4, 0.5) is 0 Å². The van der Waals surface area contributed by atoms with Crippen LogP contribution >= 0.6 is 0 Å². The fraction of sp³-hybridized carbons (Fsp3) is 0.294. The molecule has 0 radical (unpaired) electrons. The summed E-state index contributed by atoms with van der Waals surface area (Å²) in [7, 11) is 0. The zero-order chi connectivity index (χ0) is 13.1. The predicted molar refractivity (Wildman–Crippen MR) is 77.4 cm³/mol. The van der Waals surface area contributed by atoms with Crippen molar-refractivity contribution in [2.24, 2.45) is 5.73 Å². The first-order valence-corrected chi connectivity index (χ1v) is 6.86. The second-order valence-electron chi connectivity index (χ2n) is 5.14. The first-order chi connectivity index (χ1) is 9.34. The fourth-order valence-electron chi connectivity index (χ4n) is 2.84. The van der Waals surface area contributed by atoms with E-state index in [-0.39, 0.29) is 6.04 Å². The van der Waals surface area contributed by atoms with Crippen LogP contribution in [0.5, 0.6) is 5.75 Å². The maximum Gasteiger partial charge on any atom is 0.122 e. The Morgan fingerprint density at radius 2 is 1.79 bits per heavy atom. The van der Waals surface area contributed by atoms with Crippen LogP contribution in [-0.4, -0.2) is 12.6 Å². The largest absolute Gasteiger partial charge is 0.493 e. The quantitative estimate of drug-likeness (QED) is 0.912. The average molecular weight is 253 g/mol. The highest BCUT2D eigenvalue weighted by Gasteiger charge is 2.26. The van der Waals surface area contributed by atoms with Gasteiger partial charge in [-0.3, -0.25) is 0 Å². The minimum absolute atomic E-state index is 0.146. The molecule has 3 rings (SSSR count). The molecular formula is C17H19NO. The lowest BCUT2D eigenvalue weighted by Gasteiger charge is -2.30. The smallest absolute Gasteiger partial charge is 0.122 e. The molecule has 0 fully saturated rings.